The third-order valence-corrected chi connectivity index (χ3v) is 6.89. The Labute approximate surface area is 206 Å². The molecule has 0 aliphatic carbocycles. The molecule has 5 rings (SSSR count). The number of hydrazone groups is 1. The van der Waals surface area contributed by atoms with Gasteiger partial charge in [0.1, 0.15) is 5.75 Å². The van der Waals surface area contributed by atoms with E-state index in [1.165, 1.54) is 0 Å². The van der Waals surface area contributed by atoms with Gasteiger partial charge in [0.25, 0.3) is 6.23 Å². The molecular formula is C23H14Br2Cl2N2O2. The van der Waals surface area contributed by atoms with Crippen molar-refractivity contribution in [2.45, 2.75) is 18.7 Å². The predicted octanol–water partition coefficient (Wildman–Crippen LogP) is 7.27. The first-order chi connectivity index (χ1) is 14.9. The standard InChI is InChI=1S/C23H14Br2Cl2N2O2/c24-14-5-1-12(2-6-14)19-11-20-17-9-16(26)10-18(27)22(17)31-23(29(20)28-19)21(30)13-3-7-15(25)8-4-13/h1-10,20,23H,11H2/t20-,23-/m0/s1. The number of ketones is 1. The highest BCUT2D eigenvalue weighted by Gasteiger charge is 2.44. The number of carbonyl (C=O) groups excluding carboxylic acids is 1. The Kier molecular flexibility index (Phi) is 5.59. The van der Waals surface area contributed by atoms with E-state index in [-0.39, 0.29) is 11.8 Å². The molecule has 0 spiro atoms. The zero-order chi connectivity index (χ0) is 21.7. The molecule has 0 saturated carbocycles. The SMILES string of the molecule is O=C(c1ccc(Br)cc1)[C@@H]1Oc2c(Cl)cc(Cl)cc2[C@@H]2CC(c3ccc(Br)cc3)=NN12. The minimum atomic E-state index is -0.926. The molecule has 0 saturated heterocycles. The Bertz CT molecular complexity index is 1210. The number of fused-ring (bicyclic) bond motifs is 3. The van der Waals surface area contributed by atoms with Crippen LogP contribution >= 0.6 is 55.1 Å². The first kappa shape index (κ1) is 21.0. The summed E-state index contributed by atoms with van der Waals surface area (Å²) >= 11 is 19.6. The maximum atomic E-state index is 13.4. The Balaban J connectivity index is 1.59. The minimum Gasteiger partial charge on any atom is -0.459 e. The number of benzene rings is 3. The van der Waals surface area contributed by atoms with Gasteiger partial charge in [-0.1, -0.05) is 79.3 Å². The average molecular weight is 581 g/mol. The second-order valence-corrected chi connectivity index (χ2v) is 9.98. The van der Waals surface area contributed by atoms with Crippen molar-refractivity contribution in [2.75, 3.05) is 0 Å². The summed E-state index contributed by atoms with van der Waals surface area (Å²) in [6, 6.07) is 18.4. The van der Waals surface area contributed by atoms with Gasteiger partial charge in [0.2, 0.25) is 5.78 Å². The van der Waals surface area contributed by atoms with Crippen LogP contribution in [0.25, 0.3) is 0 Å². The van der Waals surface area contributed by atoms with Gasteiger partial charge in [0, 0.05) is 31.5 Å². The van der Waals surface area contributed by atoms with E-state index in [2.05, 4.69) is 31.9 Å². The van der Waals surface area contributed by atoms with Crippen molar-refractivity contribution in [1.29, 1.82) is 0 Å². The fourth-order valence-corrected chi connectivity index (χ4v) is 4.94. The van der Waals surface area contributed by atoms with Crippen molar-refractivity contribution < 1.29 is 9.53 Å². The highest BCUT2D eigenvalue weighted by atomic mass is 79.9. The number of nitrogens with zero attached hydrogens (tertiary/aromatic N) is 2. The second kappa shape index (κ2) is 8.24. The molecule has 0 fully saturated rings. The summed E-state index contributed by atoms with van der Waals surface area (Å²) in [5.41, 5.74) is 3.22. The first-order valence-electron chi connectivity index (χ1n) is 9.48. The lowest BCUT2D eigenvalue weighted by Crippen LogP contribution is -2.46. The Hall–Kier alpha value is -1.86. The van der Waals surface area contributed by atoms with Crippen LogP contribution in [0.4, 0.5) is 0 Å². The molecule has 31 heavy (non-hydrogen) atoms. The van der Waals surface area contributed by atoms with Gasteiger partial charge in [-0.2, -0.15) is 5.10 Å². The van der Waals surface area contributed by atoms with E-state index in [0.717, 1.165) is 25.8 Å². The molecule has 2 atom stereocenters. The van der Waals surface area contributed by atoms with Gasteiger partial charge in [-0.05, 0) is 42.0 Å². The van der Waals surface area contributed by atoms with Gasteiger partial charge in [0.15, 0.2) is 0 Å². The van der Waals surface area contributed by atoms with E-state index < -0.39 is 6.23 Å². The summed E-state index contributed by atoms with van der Waals surface area (Å²) in [5, 5.41) is 7.44. The van der Waals surface area contributed by atoms with Crippen LogP contribution < -0.4 is 4.74 Å². The van der Waals surface area contributed by atoms with Gasteiger partial charge in [-0.15, -0.1) is 0 Å². The lowest BCUT2D eigenvalue weighted by molar-refractivity contribution is -0.00448. The summed E-state index contributed by atoms with van der Waals surface area (Å²) in [7, 11) is 0. The predicted molar refractivity (Wildman–Crippen MR) is 129 cm³/mol. The maximum absolute atomic E-state index is 13.4. The van der Waals surface area contributed by atoms with Crippen LogP contribution in [-0.2, 0) is 0 Å². The third-order valence-electron chi connectivity index (χ3n) is 5.34. The lowest BCUT2D eigenvalue weighted by atomic mass is 9.95. The molecule has 156 valence electrons. The largest absolute Gasteiger partial charge is 0.459 e. The number of Topliss-reactive ketones (excluding diaryl/α,β-unsaturated/α-hetero) is 1. The Morgan fingerprint density at radius 1 is 1.00 bits per heavy atom. The lowest BCUT2D eigenvalue weighted by Gasteiger charge is -2.37. The summed E-state index contributed by atoms with van der Waals surface area (Å²) in [5.74, 6) is 0.296. The normalized spacial score (nSPS) is 19.4. The molecule has 2 heterocycles. The average Bonchev–Trinajstić information content (AvgIpc) is 3.19. The quantitative estimate of drug-likeness (QED) is 0.306. The van der Waals surface area contributed by atoms with Gasteiger partial charge < -0.3 is 4.74 Å². The number of carbonyl (C=O) groups is 1. The van der Waals surface area contributed by atoms with Crippen molar-refractivity contribution in [3.05, 3.63) is 96.3 Å². The number of ether oxygens (including phenoxy) is 1. The number of rotatable bonds is 3. The smallest absolute Gasteiger partial charge is 0.251 e. The van der Waals surface area contributed by atoms with Gasteiger partial charge in [-0.25, -0.2) is 5.01 Å². The number of halogens is 4. The van der Waals surface area contributed by atoms with Crippen LogP contribution in [0, 0.1) is 0 Å². The molecule has 0 radical (unpaired) electrons. The number of hydrogen-bond acceptors (Lipinski definition) is 4. The topological polar surface area (TPSA) is 41.9 Å². The van der Waals surface area contributed by atoms with Crippen molar-refractivity contribution >= 4 is 66.6 Å². The van der Waals surface area contributed by atoms with Gasteiger partial charge >= 0.3 is 0 Å². The number of hydrogen-bond donors (Lipinski definition) is 0. The molecule has 0 bridgehead atoms. The molecule has 0 N–H and O–H groups in total. The van der Waals surface area contributed by atoms with Crippen LogP contribution in [0.5, 0.6) is 5.75 Å². The molecular weight excluding hydrogens is 567 g/mol. The summed E-state index contributed by atoms with van der Waals surface area (Å²) < 4.78 is 8.02. The molecule has 2 aliphatic rings. The molecule has 8 heteroatoms. The van der Waals surface area contributed by atoms with Crippen LogP contribution in [0.1, 0.15) is 33.9 Å². The Morgan fingerprint density at radius 3 is 2.32 bits per heavy atom. The fourth-order valence-electron chi connectivity index (χ4n) is 3.86. The van der Waals surface area contributed by atoms with Crippen LogP contribution in [0.3, 0.4) is 0 Å². The summed E-state index contributed by atoms with van der Waals surface area (Å²) in [4.78, 5) is 13.4. The highest BCUT2D eigenvalue weighted by Crippen LogP contribution is 2.47. The van der Waals surface area contributed by atoms with E-state index in [0.29, 0.717) is 27.8 Å². The molecule has 3 aromatic rings. The van der Waals surface area contributed by atoms with Crippen LogP contribution in [0.2, 0.25) is 10.0 Å². The summed E-state index contributed by atoms with van der Waals surface area (Å²) in [6.07, 6.45) is -0.316. The van der Waals surface area contributed by atoms with E-state index in [4.69, 9.17) is 33.0 Å². The molecule has 0 amide bonds. The first-order valence-corrected chi connectivity index (χ1v) is 11.8. The van der Waals surface area contributed by atoms with Crippen molar-refractivity contribution in [3.8, 4) is 5.75 Å². The van der Waals surface area contributed by atoms with E-state index in [1.807, 2.05) is 42.5 Å². The van der Waals surface area contributed by atoms with Gasteiger partial charge in [-0.3, -0.25) is 4.79 Å². The minimum absolute atomic E-state index is 0.185. The van der Waals surface area contributed by atoms with Crippen LogP contribution in [-0.4, -0.2) is 22.7 Å². The zero-order valence-electron chi connectivity index (χ0n) is 15.9. The molecule has 2 aliphatic heterocycles. The maximum Gasteiger partial charge on any atom is 0.251 e. The van der Waals surface area contributed by atoms with Crippen molar-refractivity contribution in [1.82, 2.24) is 5.01 Å². The molecule has 3 aromatic carbocycles. The monoisotopic (exact) mass is 578 g/mol. The van der Waals surface area contributed by atoms with Gasteiger partial charge in [0.05, 0.1) is 16.8 Å². The third kappa shape index (κ3) is 3.91. The highest BCUT2D eigenvalue weighted by molar-refractivity contribution is 9.10. The van der Waals surface area contributed by atoms with Crippen molar-refractivity contribution in [3.63, 3.8) is 0 Å². The van der Waals surface area contributed by atoms with Crippen LogP contribution in [0.15, 0.2) is 74.7 Å². The molecule has 4 nitrogen and oxygen atoms in total. The van der Waals surface area contributed by atoms with E-state index >= 15 is 0 Å². The zero-order valence-corrected chi connectivity index (χ0v) is 20.5. The molecule has 0 aromatic heterocycles. The fraction of sp³-hybridized carbons (Fsp3) is 0.130. The van der Waals surface area contributed by atoms with E-state index in [9.17, 15) is 4.79 Å². The van der Waals surface area contributed by atoms with Crippen molar-refractivity contribution in [2.24, 2.45) is 5.10 Å². The second-order valence-electron chi connectivity index (χ2n) is 7.30. The molecule has 0 unspecified atom stereocenters. The Morgan fingerprint density at radius 2 is 1.65 bits per heavy atom. The van der Waals surface area contributed by atoms with E-state index in [1.54, 1.807) is 23.2 Å². The summed E-state index contributed by atoms with van der Waals surface area (Å²) in [6.45, 7) is 0.